The van der Waals surface area contributed by atoms with Crippen molar-refractivity contribution in [2.24, 2.45) is 0 Å². The van der Waals surface area contributed by atoms with Crippen LogP contribution in [0.3, 0.4) is 0 Å². The lowest BCUT2D eigenvalue weighted by atomic mass is 10.1. The van der Waals surface area contributed by atoms with E-state index in [2.05, 4.69) is 0 Å². The summed E-state index contributed by atoms with van der Waals surface area (Å²) >= 11 is 1.53. The van der Waals surface area contributed by atoms with Crippen molar-refractivity contribution in [3.05, 3.63) is 92.9 Å². The Hall–Kier alpha value is -3.20. The Morgan fingerprint density at radius 2 is 1.63 bits per heavy atom. The zero-order chi connectivity index (χ0) is 25.2. The number of nitrogens with zero attached hydrogens (tertiary/aromatic N) is 2. The second kappa shape index (κ2) is 10.2. The largest absolute Gasteiger partial charge is 0.416 e. The van der Waals surface area contributed by atoms with Crippen molar-refractivity contribution < 1.29 is 27.2 Å². The molecule has 0 unspecified atom stereocenters. The Morgan fingerprint density at radius 3 is 2.17 bits per heavy atom. The van der Waals surface area contributed by atoms with Crippen molar-refractivity contribution >= 4 is 23.2 Å². The summed E-state index contributed by atoms with van der Waals surface area (Å²) in [5.41, 5.74) is 1.07. The van der Waals surface area contributed by atoms with E-state index in [1.807, 2.05) is 18.4 Å². The number of hydrogen-bond acceptors (Lipinski definition) is 3. The van der Waals surface area contributed by atoms with Crippen LogP contribution in [0.5, 0.6) is 0 Å². The SMILES string of the molecule is Cc1ccsc1CN(Cc1ccc(F)cc1)C(=O)CN(C(=O)c1ccc(C(F)(F)F)cc1)C1CC1. The second-order valence-corrected chi connectivity index (χ2v) is 9.64. The monoisotopic (exact) mass is 504 g/mol. The lowest BCUT2D eigenvalue weighted by Crippen LogP contribution is -2.43. The molecular weight excluding hydrogens is 480 g/mol. The highest BCUT2D eigenvalue weighted by Gasteiger charge is 2.36. The number of thiophene rings is 1. The van der Waals surface area contributed by atoms with Crippen LogP contribution in [0.1, 0.15) is 44.8 Å². The highest BCUT2D eigenvalue weighted by atomic mass is 32.1. The molecule has 1 aliphatic carbocycles. The number of rotatable bonds is 8. The van der Waals surface area contributed by atoms with Crippen LogP contribution in [0.4, 0.5) is 17.6 Å². The van der Waals surface area contributed by atoms with Crippen LogP contribution in [0, 0.1) is 12.7 Å². The van der Waals surface area contributed by atoms with Crippen LogP contribution < -0.4 is 0 Å². The second-order valence-electron chi connectivity index (χ2n) is 8.64. The van der Waals surface area contributed by atoms with Gasteiger partial charge in [-0.05, 0) is 78.7 Å². The number of aryl methyl sites for hydroxylation is 1. The van der Waals surface area contributed by atoms with Gasteiger partial charge in [0.25, 0.3) is 5.91 Å². The molecule has 1 heterocycles. The summed E-state index contributed by atoms with van der Waals surface area (Å²) in [4.78, 5) is 30.7. The first-order valence-corrected chi connectivity index (χ1v) is 12.0. The van der Waals surface area contributed by atoms with E-state index in [1.165, 1.54) is 28.4 Å². The van der Waals surface area contributed by atoms with Gasteiger partial charge in [-0.3, -0.25) is 9.59 Å². The first kappa shape index (κ1) is 24.9. The molecule has 0 radical (unpaired) electrons. The maximum absolute atomic E-state index is 13.4. The lowest BCUT2D eigenvalue weighted by Gasteiger charge is -2.28. The molecule has 0 spiro atoms. The predicted octanol–water partition coefficient (Wildman–Crippen LogP) is 6.05. The third-order valence-electron chi connectivity index (χ3n) is 5.96. The molecule has 2 amide bonds. The number of alkyl halides is 3. The van der Waals surface area contributed by atoms with Crippen LogP contribution >= 0.6 is 11.3 Å². The fraction of sp³-hybridized carbons (Fsp3) is 0.308. The minimum Gasteiger partial charge on any atom is -0.332 e. The normalized spacial score (nSPS) is 13.5. The summed E-state index contributed by atoms with van der Waals surface area (Å²) < 4.78 is 52.1. The Labute approximate surface area is 204 Å². The quantitative estimate of drug-likeness (QED) is 0.351. The van der Waals surface area contributed by atoms with Gasteiger partial charge < -0.3 is 9.80 Å². The standard InChI is InChI=1S/C26H24F4N2O2S/c1-17-12-13-35-23(17)15-31(14-18-2-8-21(27)9-3-18)24(33)16-32(22-10-11-22)25(34)19-4-6-20(7-5-19)26(28,29)30/h2-9,12-13,22H,10-11,14-16H2,1H3. The minimum atomic E-state index is -4.49. The highest BCUT2D eigenvalue weighted by molar-refractivity contribution is 7.10. The van der Waals surface area contributed by atoms with Gasteiger partial charge in [0.05, 0.1) is 12.1 Å². The Balaban J connectivity index is 1.53. The van der Waals surface area contributed by atoms with Crippen LogP contribution in [0.2, 0.25) is 0 Å². The van der Waals surface area contributed by atoms with E-state index in [9.17, 15) is 27.2 Å². The molecule has 4 nitrogen and oxygen atoms in total. The van der Waals surface area contributed by atoms with Crippen LogP contribution in [-0.4, -0.2) is 34.2 Å². The van der Waals surface area contributed by atoms with Gasteiger partial charge in [0.15, 0.2) is 0 Å². The molecule has 4 rings (SSSR count). The molecule has 1 saturated carbocycles. The molecule has 1 aliphatic rings. The third kappa shape index (κ3) is 6.28. The summed E-state index contributed by atoms with van der Waals surface area (Å²) in [5, 5.41) is 1.94. The smallest absolute Gasteiger partial charge is 0.332 e. The predicted molar refractivity (Wildman–Crippen MR) is 125 cm³/mol. The van der Waals surface area contributed by atoms with Crippen molar-refractivity contribution in [2.75, 3.05) is 6.54 Å². The molecule has 0 bridgehead atoms. The maximum atomic E-state index is 13.4. The summed E-state index contributed by atoms with van der Waals surface area (Å²) in [7, 11) is 0. The van der Waals surface area contributed by atoms with Gasteiger partial charge in [0, 0.05) is 23.0 Å². The van der Waals surface area contributed by atoms with E-state index in [4.69, 9.17) is 0 Å². The number of halogens is 4. The van der Waals surface area contributed by atoms with Crippen molar-refractivity contribution in [3.63, 3.8) is 0 Å². The van der Waals surface area contributed by atoms with Gasteiger partial charge in [0.1, 0.15) is 12.4 Å². The zero-order valence-electron chi connectivity index (χ0n) is 19.0. The first-order valence-electron chi connectivity index (χ1n) is 11.1. The topological polar surface area (TPSA) is 40.6 Å². The summed E-state index contributed by atoms with van der Waals surface area (Å²) in [6, 6.07) is 11.8. The van der Waals surface area contributed by atoms with Crippen molar-refractivity contribution in [1.29, 1.82) is 0 Å². The van der Waals surface area contributed by atoms with Crippen LogP contribution in [0.25, 0.3) is 0 Å². The fourth-order valence-electron chi connectivity index (χ4n) is 3.75. The van der Waals surface area contributed by atoms with E-state index in [0.29, 0.717) is 6.54 Å². The summed E-state index contributed by atoms with van der Waals surface area (Å²) in [5.74, 6) is -1.12. The molecule has 2 aromatic carbocycles. The molecule has 35 heavy (non-hydrogen) atoms. The fourth-order valence-corrected chi connectivity index (χ4v) is 4.67. The number of amides is 2. The molecule has 0 N–H and O–H groups in total. The van der Waals surface area contributed by atoms with Crippen molar-refractivity contribution in [3.8, 4) is 0 Å². The zero-order valence-corrected chi connectivity index (χ0v) is 19.8. The third-order valence-corrected chi connectivity index (χ3v) is 6.96. The van der Waals surface area contributed by atoms with Crippen molar-refractivity contribution in [2.45, 2.75) is 45.1 Å². The van der Waals surface area contributed by atoms with E-state index in [-0.39, 0.29) is 36.4 Å². The van der Waals surface area contributed by atoms with E-state index < -0.39 is 17.6 Å². The molecule has 0 aliphatic heterocycles. The van der Waals surface area contributed by atoms with Gasteiger partial charge in [0.2, 0.25) is 5.91 Å². The highest BCUT2D eigenvalue weighted by Crippen LogP contribution is 2.31. The maximum Gasteiger partial charge on any atom is 0.416 e. The first-order chi connectivity index (χ1) is 16.6. The van der Waals surface area contributed by atoms with Gasteiger partial charge in [-0.2, -0.15) is 13.2 Å². The van der Waals surface area contributed by atoms with E-state index >= 15 is 0 Å². The number of carbonyl (C=O) groups is 2. The van der Waals surface area contributed by atoms with E-state index in [0.717, 1.165) is 53.1 Å². The molecular formula is C26H24F4N2O2S. The molecule has 0 saturated heterocycles. The average Bonchev–Trinajstić information content (AvgIpc) is 3.59. The minimum absolute atomic E-state index is 0.108. The Bertz CT molecular complexity index is 1190. The number of carbonyl (C=O) groups excluding carboxylic acids is 2. The Kier molecular flexibility index (Phi) is 7.25. The molecule has 3 aromatic rings. The number of hydrogen-bond donors (Lipinski definition) is 0. The summed E-state index contributed by atoms with van der Waals surface area (Å²) in [6.07, 6.45) is -3.02. The van der Waals surface area contributed by atoms with E-state index in [1.54, 1.807) is 17.0 Å². The van der Waals surface area contributed by atoms with Gasteiger partial charge >= 0.3 is 6.18 Å². The molecule has 9 heteroatoms. The van der Waals surface area contributed by atoms with Crippen LogP contribution in [0.15, 0.2) is 60.0 Å². The molecule has 0 atom stereocenters. The Morgan fingerprint density at radius 1 is 0.971 bits per heavy atom. The summed E-state index contributed by atoms with van der Waals surface area (Å²) in [6.45, 7) is 2.35. The molecule has 184 valence electrons. The van der Waals surface area contributed by atoms with Gasteiger partial charge in [-0.1, -0.05) is 12.1 Å². The lowest BCUT2D eigenvalue weighted by molar-refractivity contribution is -0.137. The van der Waals surface area contributed by atoms with Gasteiger partial charge in [-0.15, -0.1) is 11.3 Å². The molecule has 1 fully saturated rings. The van der Waals surface area contributed by atoms with Crippen LogP contribution in [-0.2, 0) is 24.1 Å². The average molecular weight is 505 g/mol. The van der Waals surface area contributed by atoms with Gasteiger partial charge in [-0.25, -0.2) is 4.39 Å². The molecule has 1 aromatic heterocycles. The van der Waals surface area contributed by atoms with Crippen molar-refractivity contribution in [1.82, 2.24) is 9.80 Å². The number of benzene rings is 2.